The Bertz CT molecular complexity index is 1340. The van der Waals surface area contributed by atoms with Crippen molar-refractivity contribution >= 4 is 28.2 Å². The quantitative estimate of drug-likeness (QED) is 0.571. The van der Waals surface area contributed by atoms with E-state index in [1.165, 1.54) is 11.3 Å². The van der Waals surface area contributed by atoms with E-state index in [-0.39, 0.29) is 30.3 Å². The van der Waals surface area contributed by atoms with Gasteiger partial charge < -0.3 is 15.0 Å². The maximum atomic E-state index is 14.5. The zero-order chi connectivity index (χ0) is 25.9. The van der Waals surface area contributed by atoms with E-state index in [0.29, 0.717) is 12.4 Å². The van der Waals surface area contributed by atoms with E-state index in [4.69, 9.17) is 4.74 Å². The first kappa shape index (κ1) is 24.3. The van der Waals surface area contributed by atoms with Crippen molar-refractivity contribution in [2.24, 2.45) is 18.9 Å². The Balaban J connectivity index is 1.16. The van der Waals surface area contributed by atoms with Gasteiger partial charge in [0.05, 0.1) is 24.9 Å². The number of alkyl halides is 1. The minimum atomic E-state index is -0.944. The molecular weight excluding hydrogens is 471 g/mol. The van der Waals surface area contributed by atoms with Crippen molar-refractivity contribution < 1.29 is 13.9 Å². The van der Waals surface area contributed by atoms with Gasteiger partial charge >= 0.3 is 0 Å². The van der Waals surface area contributed by atoms with Gasteiger partial charge in [0.1, 0.15) is 12.0 Å². The number of amides is 1. The number of carbonyl (C=O) groups is 1. The highest BCUT2D eigenvalue weighted by molar-refractivity contribution is 5.97. The van der Waals surface area contributed by atoms with Gasteiger partial charge in [0.15, 0.2) is 0 Å². The Hall–Kier alpha value is -3.04. The highest BCUT2D eigenvalue weighted by Crippen LogP contribution is 2.54. The SMILES string of the molecule is Cc1cc2cnc(NC(=O)[C@H]3[C@@H](C)[C@@H]3c3cnn(C)c3)cc2cc1N1CCN([C@@]2(C)COC[C@H]2F)CC1. The van der Waals surface area contributed by atoms with Crippen LogP contribution in [-0.2, 0) is 16.6 Å². The zero-order valence-corrected chi connectivity index (χ0v) is 21.9. The summed E-state index contributed by atoms with van der Waals surface area (Å²) >= 11 is 0. The molecule has 0 bridgehead atoms. The number of aryl methyl sites for hydroxylation is 2. The molecule has 37 heavy (non-hydrogen) atoms. The summed E-state index contributed by atoms with van der Waals surface area (Å²) in [5.41, 5.74) is 2.94. The molecule has 1 aromatic carbocycles. The third-order valence-electron chi connectivity index (χ3n) is 8.76. The summed E-state index contributed by atoms with van der Waals surface area (Å²) < 4.78 is 21.7. The number of hydrogen-bond acceptors (Lipinski definition) is 6. The molecule has 8 nitrogen and oxygen atoms in total. The van der Waals surface area contributed by atoms with Crippen molar-refractivity contribution in [3.05, 3.63) is 47.9 Å². The number of ether oxygens (including phenoxy) is 1. The Kier molecular flexibility index (Phi) is 5.95. The van der Waals surface area contributed by atoms with Gasteiger partial charge in [-0.05, 0) is 54.5 Å². The lowest BCUT2D eigenvalue weighted by molar-refractivity contribution is -0.117. The van der Waals surface area contributed by atoms with Crippen molar-refractivity contribution in [2.45, 2.75) is 38.4 Å². The standard InChI is InChI=1S/C28H35FN6O2/c1-17-9-20-12-30-24(32-27(36)26-18(2)25(26)21-13-31-33(4)14-21)11-19(20)10-22(17)34-5-7-35(8-6-34)28(3)16-37-15-23(28)29/h9-14,18,23,25-26H,5-8,15-16H2,1-4H3,(H,30,32,36)/t18-,23+,25+,26-,28-/m0/s1. The first-order chi connectivity index (χ1) is 17.7. The van der Waals surface area contributed by atoms with Crippen LogP contribution in [0.5, 0.6) is 0 Å². The predicted molar refractivity (Wildman–Crippen MR) is 142 cm³/mol. The smallest absolute Gasteiger partial charge is 0.229 e. The third kappa shape index (κ3) is 4.28. The van der Waals surface area contributed by atoms with Crippen LogP contribution in [0.2, 0.25) is 0 Å². The molecule has 1 saturated carbocycles. The molecule has 0 unspecified atom stereocenters. The van der Waals surface area contributed by atoms with Gasteiger partial charge in [-0.2, -0.15) is 5.10 Å². The molecule has 9 heteroatoms. The van der Waals surface area contributed by atoms with Crippen LogP contribution < -0.4 is 10.2 Å². The lowest BCUT2D eigenvalue weighted by Gasteiger charge is -2.45. The number of rotatable bonds is 5. The fourth-order valence-corrected chi connectivity index (χ4v) is 6.29. The van der Waals surface area contributed by atoms with Gasteiger partial charge in [-0.15, -0.1) is 0 Å². The average molecular weight is 507 g/mol. The molecule has 196 valence electrons. The van der Waals surface area contributed by atoms with E-state index in [1.54, 1.807) is 4.68 Å². The molecule has 1 aliphatic carbocycles. The van der Waals surface area contributed by atoms with Gasteiger partial charge in [0.25, 0.3) is 0 Å². The Morgan fingerprint density at radius 2 is 1.95 bits per heavy atom. The van der Waals surface area contributed by atoms with Crippen LogP contribution in [0.25, 0.3) is 10.8 Å². The molecule has 3 aliphatic rings. The van der Waals surface area contributed by atoms with Crippen LogP contribution in [0.3, 0.4) is 0 Å². The van der Waals surface area contributed by atoms with Crippen LogP contribution in [0.4, 0.5) is 15.9 Å². The number of nitrogens with one attached hydrogen (secondary N) is 1. The van der Waals surface area contributed by atoms with Crippen LogP contribution in [0.15, 0.2) is 36.8 Å². The molecular formula is C28H35FN6O2. The Labute approximate surface area is 216 Å². The summed E-state index contributed by atoms with van der Waals surface area (Å²) in [7, 11) is 1.89. The van der Waals surface area contributed by atoms with Gasteiger partial charge in [0, 0.05) is 68.5 Å². The average Bonchev–Trinajstić information content (AvgIpc) is 3.15. The number of fused-ring (bicyclic) bond motifs is 1. The molecule has 1 N–H and O–H groups in total. The van der Waals surface area contributed by atoms with Crippen molar-refractivity contribution in [2.75, 3.05) is 49.6 Å². The second-order valence-electron chi connectivity index (χ2n) is 11.2. The molecule has 2 aromatic heterocycles. The topological polar surface area (TPSA) is 75.5 Å². The number of hydrogen-bond donors (Lipinski definition) is 1. The van der Waals surface area contributed by atoms with E-state index >= 15 is 0 Å². The fourth-order valence-electron chi connectivity index (χ4n) is 6.29. The number of carbonyl (C=O) groups excluding carboxylic acids is 1. The fraction of sp³-hybridized carbons (Fsp3) is 0.536. The van der Waals surface area contributed by atoms with Crippen molar-refractivity contribution in [3.8, 4) is 0 Å². The van der Waals surface area contributed by atoms with E-state index in [0.717, 1.165) is 42.5 Å². The minimum absolute atomic E-state index is 0.00668. The number of nitrogens with zero attached hydrogens (tertiary/aromatic N) is 5. The molecule has 1 amide bonds. The molecule has 3 aromatic rings. The molecule has 4 heterocycles. The lowest BCUT2D eigenvalue weighted by Crippen LogP contribution is -2.59. The maximum absolute atomic E-state index is 14.5. The first-order valence-electron chi connectivity index (χ1n) is 13.2. The van der Waals surface area contributed by atoms with Gasteiger partial charge in [-0.1, -0.05) is 6.92 Å². The largest absolute Gasteiger partial charge is 0.376 e. The van der Waals surface area contributed by atoms with Crippen molar-refractivity contribution in [1.82, 2.24) is 19.7 Å². The van der Waals surface area contributed by atoms with E-state index in [9.17, 15) is 9.18 Å². The molecule has 0 radical (unpaired) electrons. The molecule has 3 fully saturated rings. The Morgan fingerprint density at radius 1 is 1.16 bits per heavy atom. The summed E-state index contributed by atoms with van der Waals surface area (Å²) in [5, 5.41) is 9.39. The van der Waals surface area contributed by atoms with Crippen molar-refractivity contribution in [3.63, 3.8) is 0 Å². The van der Waals surface area contributed by atoms with E-state index < -0.39 is 11.7 Å². The first-order valence-corrected chi connectivity index (χ1v) is 13.2. The van der Waals surface area contributed by atoms with E-state index in [1.807, 2.05) is 38.6 Å². The number of piperazine rings is 1. The van der Waals surface area contributed by atoms with E-state index in [2.05, 4.69) is 51.2 Å². The zero-order valence-electron chi connectivity index (χ0n) is 21.9. The molecule has 2 aliphatic heterocycles. The number of anilines is 2. The summed E-state index contributed by atoms with van der Waals surface area (Å²) in [4.78, 5) is 22.2. The van der Waals surface area contributed by atoms with Crippen LogP contribution >= 0.6 is 0 Å². The van der Waals surface area contributed by atoms with Crippen LogP contribution in [0.1, 0.15) is 30.9 Å². The normalized spacial score (nSPS) is 30.1. The van der Waals surface area contributed by atoms with Gasteiger partial charge in [0.2, 0.25) is 5.91 Å². The second kappa shape index (κ2) is 9.06. The third-order valence-corrected chi connectivity index (χ3v) is 8.76. The Morgan fingerprint density at radius 3 is 2.62 bits per heavy atom. The summed E-state index contributed by atoms with van der Waals surface area (Å²) in [6.07, 6.45) is 4.73. The number of pyridine rings is 1. The summed E-state index contributed by atoms with van der Waals surface area (Å²) in [6.45, 7) is 10.1. The molecule has 0 spiro atoms. The highest BCUT2D eigenvalue weighted by atomic mass is 19.1. The number of aromatic nitrogens is 3. The van der Waals surface area contributed by atoms with Crippen LogP contribution in [0, 0.1) is 18.8 Å². The minimum Gasteiger partial charge on any atom is -0.376 e. The van der Waals surface area contributed by atoms with Crippen molar-refractivity contribution in [1.29, 1.82) is 0 Å². The summed E-state index contributed by atoms with van der Waals surface area (Å²) in [6, 6.07) is 6.30. The van der Waals surface area contributed by atoms with Gasteiger partial charge in [-0.25, -0.2) is 9.37 Å². The number of halogens is 1. The number of benzene rings is 1. The van der Waals surface area contributed by atoms with Crippen LogP contribution in [-0.4, -0.2) is 76.7 Å². The summed E-state index contributed by atoms with van der Waals surface area (Å²) in [5.74, 6) is 0.996. The second-order valence-corrected chi connectivity index (χ2v) is 11.2. The molecule has 6 rings (SSSR count). The molecule has 5 atom stereocenters. The molecule has 2 saturated heterocycles. The van der Waals surface area contributed by atoms with Gasteiger partial charge in [-0.3, -0.25) is 14.4 Å². The monoisotopic (exact) mass is 506 g/mol. The highest BCUT2D eigenvalue weighted by Gasteiger charge is 2.53. The predicted octanol–water partition coefficient (Wildman–Crippen LogP) is 3.51. The maximum Gasteiger partial charge on any atom is 0.229 e. The lowest BCUT2D eigenvalue weighted by atomic mass is 9.96.